The number of fused-ring (bicyclic) bond motifs is 4. The molecule has 8 aliphatic rings. The van der Waals surface area contributed by atoms with E-state index < -0.39 is 22.5 Å². The quantitative estimate of drug-likeness (QED) is 0.0703. The van der Waals surface area contributed by atoms with E-state index in [0.29, 0.717) is 137 Å². The van der Waals surface area contributed by atoms with Crippen molar-refractivity contribution in [3.05, 3.63) is 185 Å². The van der Waals surface area contributed by atoms with Crippen molar-refractivity contribution in [3.8, 4) is 0 Å². The fraction of sp³-hybridized carbons (Fsp3) is 0.437. The summed E-state index contributed by atoms with van der Waals surface area (Å²) in [5, 5.41) is 42.2. The first-order chi connectivity index (χ1) is 49.4. The Morgan fingerprint density at radius 1 is 0.408 bits per heavy atom. The molecule has 12 N–H and O–H groups in total. The van der Waals surface area contributed by atoms with Crippen molar-refractivity contribution in [2.75, 3.05) is 91.7 Å². The third-order valence-corrected chi connectivity index (χ3v) is 21.9. The first kappa shape index (κ1) is 73.0. The maximum Gasteiger partial charge on any atom is 0.147 e. The van der Waals surface area contributed by atoms with Gasteiger partial charge in [-0.05, 0) is 90.5 Å². The maximum absolute atomic E-state index is 10.3. The number of aliphatic imine (C=N–C) groups is 4. The van der Waals surface area contributed by atoms with E-state index in [0.717, 1.165) is 163 Å². The topological polar surface area (TPSA) is 402 Å². The molecule has 0 bridgehead atoms. The second-order valence-electron chi connectivity index (χ2n) is 27.3. The van der Waals surface area contributed by atoms with E-state index in [9.17, 15) is 20.4 Å². The van der Waals surface area contributed by atoms with E-state index in [-0.39, 0.29) is 6.61 Å². The van der Waals surface area contributed by atoms with Crippen molar-refractivity contribution in [1.82, 2.24) is 59.8 Å². The number of hydrogen-bond donors (Lipinski definition) is 8. The Bertz CT molecular complexity index is 4360. The maximum atomic E-state index is 10.3. The van der Waals surface area contributed by atoms with Crippen molar-refractivity contribution in [1.29, 1.82) is 0 Å². The fourth-order valence-electron chi connectivity index (χ4n) is 13.4. The normalized spacial score (nSPS) is 18.7. The van der Waals surface area contributed by atoms with Crippen LogP contribution in [0.15, 0.2) is 93.8 Å². The van der Waals surface area contributed by atoms with E-state index >= 15 is 0 Å². The highest BCUT2D eigenvalue weighted by molar-refractivity contribution is 6.37. The van der Waals surface area contributed by atoms with E-state index in [1.165, 1.54) is 0 Å². The molecule has 28 nitrogen and oxygen atoms in total. The molecule has 8 aromatic rings. The van der Waals surface area contributed by atoms with Gasteiger partial charge >= 0.3 is 0 Å². The van der Waals surface area contributed by atoms with Gasteiger partial charge < -0.3 is 63.0 Å². The van der Waals surface area contributed by atoms with Gasteiger partial charge in [-0.25, -0.2) is 39.9 Å². The summed E-state index contributed by atoms with van der Waals surface area (Å²) in [5.41, 5.74) is 36.3. The summed E-state index contributed by atoms with van der Waals surface area (Å²) in [6, 6.07) is 7.49. The van der Waals surface area contributed by atoms with Gasteiger partial charge in [0.2, 0.25) is 0 Å². The number of hydrogen-bond acceptors (Lipinski definition) is 28. The predicted molar refractivity (Wildman–Crippen MR) is 398 cm³/mol. The number of nitrogens with two attached hydrogens (primary N) is 4. The lowest BCUT2D eigenvalue weighted by atomic mass is 9.90. The summed E-state index contributed by atoms with van der Waals surface area (Å²) in [6.07, 6.45) is 18.9. The van der Waals surface area contributed by atoms with Crippen molar-refractivity contribution in [2.24, 2.45) is 42.9 Å². The molecule has 4 fully saturated rings. The molecule has 0 aromatic carbocycles. The molecule has 0 aliphatic carbocycles. The Hall–Kier alpha value is -8.36. The third kappa shape index (κ3) is 15.7. The molecule has 4 saturated heterocycles. The summed E-state index contributed by atoms with van der Waals surface area (Å²) in [4.78, 5) is 81.2. The summed E-state index contributed by atoms with van der Waals surface area (Å²) >= 11 is 25.5. The van der Waals surface area contributed by atoms with Crippen LogP contribution < -0.4 is 42.5 Å². The van der Waals surface area contributed by atoms with Crippen molar-refractivity contribution >= 4 is 92.5 Å². The summed E-state index contributed by atoms with van der Waals surface area (Å²) in [5.74, 6) is 3.26. The number of aryl methyl sites for hydroxylation is 4. The average molecular weight is 1480 g/mol. The number of aliphatic hydroxyl groups excluding tert-OH is 1. The summed E-state index contributed by atoms with van der Waals surface area (Å²) < 4.78 is 0. The van der Waals surface area contributed by atoms with Crippen LogP contribution in [0.3, 0.4) is 0 Å². The number of nitrogens with zero attached hydrogens (tertiary/aromatic N) is 20. The van der Waals surface area contributed by atoms with Gasteiger partial charge in [-0.15, -0.1) is 0 Å². The molecule has 103 heavy (non-hydrogen) atoms. The van der Waals surface area contributed by atoms with Crippen LogP contribution in [0.4, 0.5) is 23.3 Å². The van der Waals surface area contributed by atoms with Crippen LogP contribution in [0.2, 0.25) is 20.1 Å². The Labute approximate surface area is 616 Å². The van der Waals surface area contributed by atoms with Crippen LogP contribution in [-0.4, -0.2) is 198 Å². The van der Waals surface area contributed by atoms with Crippen molar-refractivity contribution in [2.45, 2.75) is 128 Å². The highest BCUT2D eigenvalue weighted by Crippen LogP contribution is 2.35. The SMILES string of the molecule is Cc1cc(C2=NCc3nc(N4CCC(O)(CN)CC4)cnc32)c(Cl)cn1.Cc1nccc(C2=NCc3nc(N4CCC(N)(CO)CC4)cnc32)c1Cl.Cc1nccc(C2=NCc3nc(N4CCC(N)(O)CC4)cnc32)c1Cl.Cc1nccc(C2=NCc3nc(N4CCC(O)(CN)CC4)cnc32)c1Cl. The van der Waals surface area contributed by atoms with Gasteiger partial charge in [0.15, 0.2) is 0 Å². The number of halogens is 4. The highest BCUT2D eigenvalue weighted by atomic mass is 35.5. The minimum Gasteiger partial charge on any atom is -0.394 e. The molecule has 16 rings (SSSR count). The Balaban J connectivity index is 0.000000122. The number of aromatic nitrogens is 12. The minimum atomic E-state index is -1.08. The smallest absolute Gasteiger partial charge is 0.147 e. The van der Waals surface area contributed by atoms with Gasteiger partial charge in [0, 0.05) is 137 Å². The number of piperidine rings is 4. The zero-order chi connectivity index (χ0) is 72.5. The summed E-state index contributed by atoms with van der Waals surface area (Å²) in [7, 11) is 0. The molecule has 8 aromatic heterocycles. The van der Waals surface area contributed by atoms with E-state index in [2.05, 4.69) is 79.4 Å². The Kier molecular flexibility index (Phi) is 21.5. The lowest BCUT2D eigenvalue weighted by molar-refractivity contribution is 0.0223. The molecule has 538 valence electrons. The Morgan fingerprint density at radius 3 is 1.02 bits per heavy atom. The van der Waals surface area contributed by atoms with Gasteiger partial charge in [-0.2, -0.15) is 0 Å². The molecule has 0 atom stereocenters. The van der Waals surface area contributed by atoms with Crippen LogP contribution >= 0.6 is 46.4 Å². The highest BCUT2D eigenvalue weighted by Gasteiger charge is 2.37. The second-order valence-corrected chi connectivity index (χ2v) is 28.8. The van der Waals surface area contributed by atoms with Gasteiger partial charge in [0.25, 0.3) is 0 Å². The van der Waals surface area contributed by atoms with Crippen LogP contribution in [0, 0.1) is 27.7 Å². The van der Waals surface area contributed by atoms with Gasteiger partial charge in [0.05, 0.1) is 152 Å². The number of rotatable bonds is 11. The lowest BCUT2D eigenvalue weighted by Crippen LogP contribution is -2.53. The largest absolute Gasteiger partial charge is 0.394 e. The van der Waals surface area contributed by atoms with E-state index in [1.807, 2.05) is 52.0 Å². The average Bonchev–Trinajstić information content (AvgIpc) is 1.69. The lowest BCUT2D eigenvalue weighted by Gasteiger charge is -2.38. The van der Waals surface area contributed by atoms with Gasteiger partial charge in [-0.1, -0.05) is 46.4 Å². The van der Waals surface area contributed by atoms with E-state index in [4.69, 9.17) is 89.3 Å². The standard InChI is InChI=1S/3C18H21ClN6O.C17H19ClN6O/c1-11-15(19)12(2-5-21-11)16-17-13(8-22-16)24-14(9-23-17)25-6-3-18(20,10-26)4-7-25;1-11-15(19)12(2-5-21-11)16-17-13(8-22-16)24-14(9-23-17)25-6-3-18(26,10-20)4-7-25;1-11-6-12(13(19)7-21-11)16-17-14(8-22-16)24-15(9-23-17)25-4-2-18(26,10-20)3-5-25;1-10-14(18)11(2-5-20-10)15-16-12(8-21-15)23-13(9-22-16)24-6-3-17(19,25)4-7-24/h2*2,5,9,26H,3-4,6-8,10,20H2,1H3;6-7,9,26H,2-5,8,10,20H2,1H3;2,5,9,25H,3-4,6-8,19H2,1H3. The molecule has 0 spiro atoms. The van der Waals surface area contributed by atoms with Gasteiger partial charge in [0.1, 0.15) is 51.8 Å². The predicted octanol–water partition coefficient (Wildman–Crippen LogP) is 5.86. The van der Waals surface area contributed by atoms with Crippen molar-refractivity contribution in [3.63, 3.8) is 0 Å². The zero-order valence-corrected chi connectivity index (χ0v) is 60.8. The van der Waals surface area contributed by atoms with Gasteiger partial charge in [-0.3, -0.25) is 39.9 Å². The molecule has 32 heteroatoms. The molecule has 0 saturated carbocycles. The third-order valence-electron chi connectivity index (χ3n) is 20.1. The monoisotopic (exact) mass is 1470 g/mol. The van der Waals surface area contributed by atoms with Crippen LogP contribution in [0.25, 0.3) is 0 Å². The second kappa shape index (κ2) is 30.4. The molecule has 0 radical (unpaired) electrons. The molecule has 8 aliphatic heterocycles. The van der Waals surface area contributed by atoms with E-state index in [1.54, 1.807) is 49.6 Å². The number of pyridine rings is 4. The number of anilines is 4. The van der Waals surface area contributed by atoms with Crippen LogP contribution in [0.1, 0.15) is 142 Å². The van der Waals surface area contributed by atoms with Crippen LogP contribution in [-0.2, 0) is 26.2 Å². The fourth-order valence-corrected chi connectivity index (χ4v) is 14.2. The summed E-state index contributed by atoms with van der Waals surface area (Å²) in [6.45, 7) is 15.8. The molecule has 16 heterocycles. The Morgan fingerprint density at radius 2 is 0.709 bits per heavy atom. The molecule has 0 unspecified atom stereocenters. The first-order valence-corrected chi connectivity index (χ1v) is 35.8. The molecule has 0 amide bonds. The van der Waals surface area contributed by atoms with Crippen LogP contribution in [0.5, 0.6) is 0 Å². The number of aliphatic hydroxyl groups is 4. The molecular weight excluding hydrogens is 1390 g/mol. The molecular formula is C71H82Cl4N24O4. The zero-order valence-electron chi connectivity index (χ0n) is 57.7. The minimum absolute atomic E-state index is 0.0139. The first-order valence-electron chi connectivity index (χ1n) is 34.3. The van der Waals surface area contributed by atoms with Crippen molar-refractivity contribution < 1.29 is 20.4 Å².